The standard InChI is InChI=1S/C25H22N4O4S/c1-15-8-9-17(3)22(12-15)28-24(31)19-6-4-5-7-20(19)27-25(28)34-14-23(30)26-21-13-18(29(32)33)11-10-16(21)2/h4-13H,14H2,1-3H3,(H,26,30). The molecule has 34 heavy (non-hydrogen) atoms. The molecule has 4 aromatic rings. The number of aryl methyl sites for hydroxylation is 3. The number of carbonyl (C=O) groups is 1. The highest BCUT2D eigenvalue weighted by Crippen LogP contribution is 2.25. The lowest BCUT2D eigenvalue weighted by Gasteiger charge is -2.16. The second-order valence-corrected chi connectivity index (χ2v) is 8.88. The van der Waals surface area contributed by atoms with Crippen molar-refractivity contribution in [3.63, 3.8) is 0 Å². The normalized spacial score (nSPS) is 10.9. The molecule has 0 saturated carbocycles. The van der Waals surface area contributed by atoms with Crippen molar-refractivity contribution >= 4 is 39.9 Å². The molecule has 1 heterocycles. The van der Waals surface area contributed by atoms with Crippen LogP contribution in [-0.4, -0.2) is 26.1 Å². The first-order chi connectivity index (χ1) is 16.2. The molecular formula is C25H22N4O4S. The largest absolute Gasteiger partial charge is 0.325 e. The second-order valence-electron chi connectivity index (χ2n) is 7.94. The van der Waals surface area contributed by atoms with Crippen molar-refractivity contribution in [2.24, 2.45) is 0 Å². The summed E-state index contributed by atoms with van der Waals surface area (Å²) in [6.07, 6.45) is 0. The Hall–Kier alpha value is -3.98. The lowest BCUT2D eigenvalue weighted by atomic mass is 10.1. The van der Waals surface area contributed by atoms with Gasteiger partial charge in [-0.25, -0.2) is 4.98 Å². The third-order valence-electron chi connectivity index (χ3n) is 5.39. The van der Waals surface area contributed by atoms with Crippen LogP contribution in [0.25, 0.3) is 16.6 Å². The lowest BCUT2D eigenvalue weighted by Crippen LogP contribution is -2.23. The number of benzene rings is 3. The summed E-state index contributed by atoms with van der Waals surface area (Å²) in [5.41, 5.74) is 3.93. The van der Waals surface area contributed by atoms with E-state index in [4.69, 9.17) is 0 Å². The average Bonchev–Trinajstić information content (AvgIpc) is 2.81. The third-order valence-corrected chi connectivity index (χ3v) is 6.33. The van der Waals surface area contributed by atoms with E-state index in [1.54, 1.807) is 35.8 Å². The number of nitro benzene ring substituents is 1. The molecule has 0 aliphatic carbocycles. The first-order valence-corrected chi connectivity index (χ1v) is 11.5. The highest BCUT2D eigenvalue weighted by Gasteiger charge is 2.17. The minimum Gasteiger partial charge on any atom is -0.325 e. The Labute approximate surface area is 199 Å². The third kappa shape index (κ3) is 4.69. The zero-order chi connectivity index (χ0) is 24.4. The molecular weight excluding hydrogens is 452 g/mol. The summed E-state index contributed by atoms with van der Waals surface area (Å²) in [5, 5.41) is 14.7. The maximum Gasteiger partial charge on any atom is 0.271 e. The highest BCUT2D eigenvalue weighted by atomic mass is 32.2. The number of hydrogen-bond acceptors (Lipinski definition) is 6. The van der Waals surface area contributed by atoms with Gasteiger partial charge in [0.2, 0.25) is 5.91 Å². The van der Waals surface area contributed by atoms with E-state index >= 15 is 0 Å². The molecule has 0 aliphatic rings. The van der Waals surface area contributed by atoms with E-state index in [0.29, 0.717) is 33.0 Å². The van der Waals surface area contributed by atoms with Gasteiger partial charge in [-0.2, -0.15) is 0 Å². The minimum atomic E-state index is -0.508. The number of aromatic nitrogens is 2. The molecule has 4 rings (SSSR count). The molecule has 0 bridgehead atoms. The summed E-state index contributed by atoms with van der Waals surface area (Å²) in [6, 6.07) is 17.2. The van der Waals surface area contributed by atoms with Crippen molar-refractivity contribution in [1.29, 1.82) is 0 Å². The summed E-state index contributed by atoms with van der Waals surface area (Å²) in [5.74, 6) is -0.388. The molecule has 0 unspecified atom stereocenters. The van der Waals surface area contributed by atoms with Crippen LogP contribution in [0, 0.1) is 30.9 Å². The predicted molar refractivity (Wildman–Crippen MR) is 134 cm³/mol. The second kappa shape index (κ2) is 9.48. The summed E-state index contributed by atoms with van der Waals surface area (Å²) in [7, 11) is 0. The summed E-state index contributed by atoms with van der Waals surface area (Å²) in [6.45, 7) is 5.63. The molecule has 0 radical (unpaired) electrons. The summed E-state index contributed by atoms with van der Waals surface area (Å²) >= 11 is 1.14. The van der Waals surface area contributed by atoms with Crippen molar-refractivity contribution in [2.45, 2.75) is 25.9 Å². The maximum atomic E-state index is 13.4. The number of thioether (sulfide) groups is 1. The number of para-hydroxylation sites is 1. The fourth-order valence-corrected chi connectivity index (χ4v) is 4.36. The lowest BCUT2D eigenvalue weighted by molar-refractivity contribution is -0.384. The van der Waals surface area contributed by atoms with Crippen LogP contribution in [0.4, 0.5) is 11.4 Å². The number of carbonyl (C=O) groups excluding carboxylic acids is 1. The average molecular weight is 475 g/mol. The smallest absolute Gasteiger partial charge is 0.271 e. The van der Waals surface area contributed by atoms with Gasteiger partial charge in [0.25, 0.3) is 11.2 Å². The Balaban J connectivity index is 1.69. The first kappa shape index (κ1) is 23.2. The molecule has 0 fully saturated rings. The molecule has 9 heteroatoms. The molecule has 0 saturated heterocycles. The van der Waals surface area contributed by atoms with Gasteiger partial charge in [-0.3, -0.25) is 24.3 Å². The van der Waals surface area contributed by atoms with Crippen molar-refractivity contribution in [3.05, 3.63) is 97.8 Å². The van der Waals surface area contributed by atoms with Gasteiger partial charge in [0, 0.05) is 12.1 Å². The number of rotatable bonds is 6. The molecule has 1 amide bonds. The molecule has 1 aromatic heterocycles. The Morgan fingerprint density at radius 2 is 1.79 bits per heavy atom. The van der Waals surface area contributed by atoms with Crippen LogP contribution in [0.1, 0.15) is 16.7 Å². The molecule has 0 spiro atoms. The first-order valence-electron chi connectivity index (χ1n) is 10.5. The van der Waals surface area contributed by atoms with Gasteiger partial charge < -0.3 is 5.32 Å². The fraction of sp³-hybridized carbons (Fsp3) is 0.160. The zero-order valence-electron chi connectivity index (χ0n) is 18.9. The predicted octanol–water partition coefficient (Wildman–Crippen LogP) is 4.95. The van der Waals surface area contributed by atoms with E-state index in [1.807, 2.05) is 38.1 Å². The number of nitrogens with one attached hydrogen (secondary N) is 1. The van der Waals surface area contributed by atoms with Crippen LogP contribution in [0.5, 0.6) is 0 Å². The van der Waals surface area contributed by atoms with Gasteiger partial charge in [-0.05, 0) is 55.7 Å². The molecule has 8 nitrogen and oxygen atoms in total. The van der Waals surface area contributed by atoms with Crippen LogP contribution in [0.15, 0.2) is 70.6 Å². The summed E-state index contributed by atoms with van der Waals surface area (Å²) < 4.78 is 1.54. The molecule has 3 aromatic carbocycles. The number of nitrogens with zero attached hydrogens (tertiary/aromatic N) is 3. The molecule has 1 N–H and O–H groups in total. The number of anilines is 1. The van der Waals surface area contributed by atoms with Crippen LogP contribution in [0.3, 0.4) is 0 Å². The monoisotopic (exact) mass is 474 g/mol. The Morgan fingerprint density at radius 3 is 2.56 bits per heavy atom. The SMILES string of the molecule is Cc1ccc(C)c(-n2c(SCC(=O)Nc3cc([N+](=O)[O-])ccc3C)nc3ccccc3c2=O)c1. The van der Waals surface area contributed by atoms with Gasteiger partial charge in [0.05, 0.1) is 33.0 Å². The number of amides is 1. The van der Waals surface area contributed by atoms with Crippen LogP contribution < -0.4 is 10.9 Å². The van der Waals surface area contributed by atoms with E-state index in [1.165, 1.54) is 12.1 Å². The van der Waals surface area contributed by atoms with Gasteiger partial charge in [-0.15, -0.1) is 0 Å². The van der Waals surface area contributed by atoms with E-state index < -0.39 is 4.92 Å². The highest BCUT2D eigenvalue weighted by molar-refractivity contribution is 7.99. The number of nitro groups is 1. The van der Waals surface area contributed by atoms with Crippen molar-refractivity contribution in [3.8, 4) is 5.69 Å². The summed E-state index contributed by atoms with van der Waals surface area (Å²) in [4.78, 5) is 41.4. The molecule has 0 atom stereocenters. The minimum absolute atomic E-state index is 0.0300. The van der Waals surface area contributed by atoms with E-state index in [-0.39, 0.29) is 22.9 Å². The van der Waals surface area contributed by atoms with Crippen LogP contribution in [0.2, 0.25) is 0 Å². The van der Waals surface area contributed by atoms with Crippen LogP contribution >= 0.6 is 11.8 Å². The van der Waals surface area contributed by atoms with Gasteiger partial charge in [0.1, 0.15) is 0 Å². The quantitative estimate of drug-likeness (QED) is 0.183. The Bertz CT molecular complexity index is 1500. The van der Waals surface area contributed by atoms with Gasteiger partial charge >= 0.3 is 0 Å². The van der Waals surface area contributed by atoms with E-state index in [2.05, 4.69) is 10.3 Å². The molecule has 172 valence electrons. The van der Waals surface area contributed by atoms with Gasteiger partial charge in [0.15, 0.2) is 5.16 Å². The Kier molecular flexibility index (Phi) is 6.47. The topological polar surface area (TPSA) is 107 Å². The van der Waals surface area contributed by atoms with Crippen molar-refractivity contribution < 1.29 is 9.72 Å². The van der Waals surface area contributed by atoms with E-state index in [0.717, 1.165) is 22.9 Å². The molecule has 0 aliphatic heterocycles. The maximum absolute atomic E-state index is 13.4. The zero-order valence-corrected chi connectivity index (χ0v) is 19.7. The van der Waals surface area contributed by atoms with E-state index in [9.17, 15) is 19.7 Å². The number of hydrogen-bond donors (Lipinski definition) is 1. The fourth-order valence-electron chi connectivity index (χ4n) is 3.56. The van der Waals surface area contributed by atoms with Gasteiger partial charge in [-0.1, -0.05) is 42.1 Å². The number of non-ortho nitro benzene ring substituents is 1. The van der Waals surface area contributed by atoms with Crippen molar-refractivity contribution in [2.75, 3.05) is 11.1 Å². The van der Waals surface area contributed by atoms with Crippen molar-refractivity contribution in [1.82, 2.24) is 9.55 Å². The number of fused-ring (bicyclic) bond motifs is 1. The van der Waals surface area contributed by atoms with Crippen LogP contribution in [-0.2, 0) is 4.79 Å². The Morgan fingerprint density at radius 1 is 1.06 bits per heavy atom.